The van der Waals surface area contributed by atoms with Gasteiger partial charge >= 0.3 is 5.97 Å². The fraction of sp³-hybridized carbons (Fsp3) is 0.421. The van der Waals surface area contributed by atoms with Crippen molar-refractivity contribution in [3.8, 4) is 12.3 Å². The van der Waals surface area contributed by atoms with E-state index in [1.807, 2.05) is 11.8 Å². The molecule has 0 aromatic heterocycles. The topological polar surface area (TPSA) is 83.0 Å². The summed E-state index contributed by atoms with van der Waals surface area (Å²) in [6.07, 6.45) is 5.36. The summed E-state index contributed by atoms with van der Waals surface area (Å²) in [5.41, 5.74) is 1.34. The minimum absolute atomic E-state index is 0. The third-order valence-electron chi connectivity index (χ3n) is 4.35. The number of nitrogens with zero attached hydrogens (tertiary/aromatic N) is 2. The molecule has 1 fully saturated rings. The predicted octanol–water partition coefficient (Wildman–Crippen LogP) is 1.54. The lowest BCUT2D eigenvalue weighted by Crippen LogP contribution is -2.43. The number of ether oxygens (including phenoxy) is 1. The summed E-state index contributed by atoms with van der Waals surface area (Å²) in [4.78, 5) is 30.1. The first kappa shape index (κ1) is 22.8. The van der Waals surface area contributed by atoms with Gasteiger partial charge in [-0.2, -0.15) is 0 Å². The standard InChI is InChI=1S/C19H24N4O3.HI/c1-5-14-7-6-8-15(9-14)22-17(24)10-21-19(20-3)23-11-13(2)16(12-23)18(25)26-4;/h1,6-9,13,16H,10-12H2,2-4H3,(H,20,21)(H,22,24);1H. The number of esters is 1. The van der Waals surface area contributed by atoms with E-state index < -0.39 is 0 Å². The molecule has 1 aromatic carbocycles. The average Bonchev–Trinajstić information content (AvgIpc) is 3.03. The van der Waals surface area contributed by atoms with Crippen molar-refractivity contribution in [2.75, 3.05) is 39.1 Å². The summed E-state index contributed by atoms with van der Waals surface area (Å²) in [5, 5.41) is 5.82. The maximum Gasteiger partial charge on any atom is 0.310 e. The Bertz CT molecular complexity index is 745. The van der Waals surface area contributed by atoms with Gasteiger partial charge in [0.25, 0.3) is 0 Å². The van der Waals surface area contributed by atoms with Crippen LogP contribution in [0.5, 0.6) is 0 Å². The summed E-state index contributed by atoms with van der Waals surface area (Å²) < 4.78 is 4.85. The Morgan fingerprint density at radius 1 is 1.41 bits per heavy atom. The summed E-state index contributed by atoms with van der Waals surface area (Å²) in [7, 11) is 3.04. The number of terminal acetylenes is 1. The Hall–Kier alpha value is -2.28. The molecular formula is C19H25IN4O3. The van der Waals surface area contributed by atoms with Gasteiger partial charge in [-0.15, -0.1) is 30.4 Å². The maximum absolute atomic E-state index is 12.2. The molecule has 1 saturated heterocycles. The molecule has 1 aliphatic heterocycles. The van der Waals surface area contributed by atoms with Crippen LogP contribution in [0, 0.1) is 24.2 Å². The second-order valence-electron chi connectivity index (χ2n) is 6.19. The van der Waals surface area contributed by atoms with Crippen LogP contribution in [0.4, 0.5) is 5.69 Å². The third kappa shape index (κ3) is 6.13. The van der Waals surface area contributed by atoms with Crippen LogP contribution in [0.2, 0.25) is 0 Å². The van der Waals surface area contributed by atoms with Crippen molar-refractivity contribution in [1.82, 2.24) is 10.2 Å². The van der Waals surface area contributed by atoms with Crippen molar-refractivity contribution in [2.45, 2.75) is 6.92 Å². The number of nitrogens with one attached hydrogen (secondary N) is 2. The predicted molar refractivity (Wildman–Crippen MR) is 116 cm³/mol. The fourth-order valence-corrected chi connectivity index (χ4v) is 2.98. The lowest BCUT2D eigenvalue weighted by Gasteiger charge is -2.21. The van der Waals surface area contributed by atoms with Gasteiger partial charge in [-0.3, -0.25) is 14.6 Å². The number of guanidine groups is 1. The fourth-order valence-electron chi connectivity index (χ4n) is 2.98. The van der Waals surface area contributed by atoms with Crippen molar-refractivity contribution in [2.24, 2.45) is 16.8 Å². The Kier molecular flexibility index (Phi) is 9.08. The van der Waals surface area contributed by atoms with E-state index >= 15 is 0 Å². The Labute approximate surface area is 177 Å². The number of anilines is 1. The molecule has 2 rings (SSSR count). The van der Waals surface area contributed by atoms with Crippen molar-refractivity contribution in [3.63, 3.8) is 0 Å². The number of aliphatic imine (C=N–C) groups is 1. The van der Waals surface area contributed by atoms with E-state index in [-0.39, 0.29) is 54.2 Å². The second-order valence-corrected chi connectivity index (χ2v) is 6.19. The highest BCUT2D eigenvalue weighted by Crippen LogP contribution is 2.24. The molecule has 1 aliphatic rings. The summed E-state index contributed by atoms with van der Waals surface area (Å²) in [5.74, 6) is 2.63. The van der Waals surface area contributed by atoms with Crippen LogP contribution in [0.3, 0.4) is 0 Å². The number of carbonyl (C=O) groups excluding carboxylic acids is 2. The summed E-state index contributed by atoms with van der Waals surface area (Å²) >= 11 is 0. The maximum atomic E-state index is 12.2. The molecule has 2 atom stereocenters. The summed E-state index contributed by atoms with van der Waals surface area (Å²) in [6.45, 7) is 3.24. The lowest BCUT2D eigenvalue weighted by molar-refractivity contribution is -0.146. The highest BCUT2D eigenvalue weighted by Gasteiger charge is 2.36. The molecule has 0 aliphatic carbocycles. The minimum atomic E-state index is -0.221. The zero-order valence-corrected chi connectivity index (χ0v) is 18.0. The van der Waals surface area contributed by atoms with Crippen LogP contribution in [-0.2, 0) is 14.3 Å². The number of carbonyl (C=O) groups is 2. The number of likely N-dealkylation sites (tertiary alicyclic amines) is 1. The van der Waals surface area contributed by atoms with Crippen LogP contribution in [0.15, 0.2) is 29.3 Å². The number of hydrogen-bond donors (Lipinski definition) is 2. The molecule has 1 amide bonds. The van der Waals surface area contributed by atoms with Gasteiger partial charge in [0.15, 0.2) is 5.96 Å². The highest BCUT2D eigenvalue weighted by atomic mass is 127. The number of methoxy groups -OCH3 is 1. The van der Waals surface area contributed by atoms with E-state index in [9.17, 15) is 9.59 Å². The normalized spacial score (nSPS) is 18.9. The molecule has 0 radical (unpaired) electrons. The van der Waals surface area contributed by atoms with E-state index in [0.29, 0.717) is 30.3 Å². The van der Waals surface area contributed by atoms with Crippen molar-refractivity contribution in [3.05, 3.63) is 29.8 Å². The van der Waals surface area contributed by atoms with Gasteiger partial charge in [0.1, 0.15) is 0 Å². The van der Waals surface area contributed by atoms with Crippen LogP contribution in [0.25, 0.3) is 0 Å². The Morgan fingerprint density at radius 2 is 2.15 bits per heavy atom. The SMILES string of the molecule is C#Cc1cccc(NC(=O)CNC(=NC)N2CC(C)C(C(=O)OC)C2)c1.I. The second kappa shape index (κ2) is 10.8. The van der Waals surface area contributed by atoms with Crippen LogP contribution < -0.4 is 10.6 Å². The Balaban J connectivity index is 0.00000364. The first-order chi connectivity index (χ1) is 12.5. The van der Waals surface area contributed by atoms with Gasteiger partial charge in [0, 0.05) is 31.4 Å². The molecule has 7 nitrogen and oxygen atoms in total. The van der Waals surface area contributed by atoms with Crippen molar-refractivity contribution < 1.29 is 14.3 Å². The van der Waals surface area contributed by atoms with E-state index in [1.54, 1.807) is 31.3 Å². The molecular weight excluding hydrogens is 459 g/mol. The van der Waals surface area contributed by atoms with Crippen molar-refractivity contribution >= 4 is 47.5 Å². The third-order valence-corrected chi connectivity index (χ3v) is 4.35. The number of halogens is 1. The van der Waals surface area contributed by atoms with E-state index in [1.165, 1.54) is 7.11 Å². The van der Waals surface area contributed by atoms with Gasteiger partial charge in [-0.05, 0) is 24.1 Å². The van der Waals surface area contributed by atoms with Gasteiger partial charge in [-0.25, -0.2) is 0 Å². The Morgan fingerprint density at radius 3 is 2.78 bits per heavy atom. The monoisotopic (exact) mass is 484 g/mol. The highest BCUT2D eigenvalue weighted by molar-refractivity contribution is 14.0. The molecule has 27 heavy (non-hydrogen) atoms. The van der Waals surface area contributed by atoms with Gasteiger partial charge in [0.05, 0.1) is 19.6 Å². The van der Waals surface area contributed by atoms with Crippen molar-refractivity contribution in [1.29, 1.82) is 0 Å². The lowest BCUT2D eigenvalue weighted by atomic mass is 9.99. The molecule has 8 heteroatoms. The zero-order chi connectivity index (χ0) is 19.1. The largest absolute Gasteiger partial charge is 0.469 e. The first-order valence-corrected chi connectivity index (χ1v) is 8.38. The molecule has 0 bridgehead atoms. The molecule has 0 spiro atoms. The molecule has 1 aromatic rings. The smallest absolute Gasteiger partial charge is 0.310 e. The molecule has 0 saturated carbocycles. The van der Waals surface area contributed by atoms with E-state index in [0.717, 1.165) is 0 Å². The zero-order valence-electron chi connectivity index (χ0n) is 15.7. The number of rotatable bonds is 4. The van der Waals surface area contributed by atoms with Crippen LogP contribution in [0.1, 0.15) is 12.5 Å². The number of hydrogen-bond acceptors (Lipinski definition) is 4. The minimum Gasteiger partial charge on any atom is -0.469 e. The average molecular weight is 484 g/mol. The van der Waals surface area contributed by atoms with E-state index in [4.69, 9.17) is 11.2 Å². The van der Waals surface area contributed by atoms with Gasteiger partial charge < -0.3 is 20.3 Å². The van der Waals surface area contributed by atoms with Gasteiger partial charge in [-0.1, -0.05) is 18.9 Å². The summed E-state index contributed by atoms with van der Waals surface area (Å²) in [6, 6.07) is 7.09. The number of benzene rings is 1. The van der Waals surface area contributed by atoms with Crippen LogP contribution >= 0.6 is 24.0 Å². The molecule has 1 heterocycles. The molecule has 2 N–H and O–H groups in total. The molecule has 146 valence electrons. The van der Waals surface area contributed by atoms with E-state index in [2.05, 4.69) is 21.5 Å². The number of amides is 1. The van der Waals surface area contributed by atoms with Gasteiger partial charge in [0.2, 0.25) is 5.91 Å². The quantitative estimate of drug-likeness (QED) is 0.223. The molecule has 2 unspecified atom stereocenters. The van der Waals surface area contributed by atoms with Crippen LogP contribution in [-0.4, -0.2) is 56.5 Å². The first-order valence-electron chi connectivity index (χ1n) is 8.38.